The van der Waals surface area contributed by atoms with Crippen molar-refractivity contribution in [2.24, 2.45) is 0 Å². The number of halogens is 1. The molecule has 0 unspecified atom stereocenters. The second kappa shape index (κ2) is 5.06. The Morgan fingerprint density at radius 3 is 2.67 bits per heavy atom. The molecule has 8 heteroatoms. The summed E-state index contributed by atoms with van der Waals surface area (Å²) < 4.78 is 11.1. The number of furan rings is 1. The number of hydrogen-bond acceptors (Lipinski definition) is 6. The molecular weight excluding hydrogens is 342 g/mol. The topological polar surface area (TPSA) is 108 Å². The highest BCUT2D eigenvalue weighted by Gasteiger charge is 2.24. The fourth-order valence-electron chi connectivity index (χ4n) is 1.94. The summed E-state index contributed by atoms with van der Waals surface area (Å²) in [6.07, 6.45) is 0. The molecule has 1 aromatic carbocycles. The third-order valence-electron chi connectivity index (χ3n) is 2.86. The molecule has 0 spiro atoms. The van der Waals surface area contributed by atoms with Crippen molar-refractivity contribution in [2.45, 2.75) is 0 Å². The minimum atomic E-state index is -0.624. The van der Waals surface area contributed by atoms with Gasteiger partial charge in [-0.2, -0.15) is 0 Å². The van der Waals surface area contributed by atoms with Crippen LogP contribution in [0.4, 0.5) is 11.7 Å². The van der Waals surface area contributed by atoms with Crippen LogP contribution in [0.15, 0.2) is 49.8 Å². The van der Waals surface area contributed by atoms with Crippen molar-refractivity contribution in [3.8, 4) is 22.6 Å². The van der Waals surface area contributed by atoms with E-state index in [1.807, 2.05) is 24.3 Å². The average molecular weight is 350 g/mol. The zero-order valence-electron chi connectivity index (χ0n) is 10.4. The SMILES string of the molecule is Nc1noc(-c2ccc([N+](=O)[O-])o2)c1-c1ccccc1Br. The van der Waals surface area contributed by atoms with Gasteiger partial charge in [-0.15, -0.1) is 0 Å². The maximum Gasteiger partial charge on any atom is 0.433 e. The van der Waals surface area contributed by atoms with Crippen LogP contribution in [0.3, 0.4) is 0 Å². The van der Waals surface area contributed by atoms with Gasteiger partial charge in [0.2, 0.25) is 5.76 Å². The second-order valence-corrected chi connectivity index (χ2v) is 5.00. The number of benzene rings is 1. The first-order valence-electron chi connectivity index (χ1n) is 5.82. The molecular formula is C13H8BrN3O4. The molecule has 0 aliphatic heterocycles. The van der Waals surface area contributed by atoms with Gasteiger partial charge in [0, 0.05) is 10.0 Å². The lowest BCUT2D eigenvalue weighted by Gasteiger charge is -2.03. The molecule has 2 heterocycles. The first-order valence-corrected chi connectivity index (χ1v) is 6.62. The molecule has 3 aromatic rings. The standard InChI is InChI=1S/C13H8BrN3O4/c14-8-4-2-1-3-7(8)11-12(21-16-13(11)15)9-5-6-10(20-9)17(18)19/h1-6H,(H2,15,16). The molecule has 106 valence electrons. The van der Waals surface area contributed by atoms with Gasteiger partial charge < -0.3 is 14.7 Å². The molecule has 21 heavy (non-hydrogen) atoms. The van der Waals surface area contributed by atoms with Gasteiger partial charge in [0.15, 0.2) is 11.6 Å². The van der Waals surface area contributed by atoms with Crippen molar-refractivity contribution < 1.29 is 13.9 Å². The molecule has 7 nitrogen and oxygen atoms in total. The molecule has 0 bridgehead atoms. The summed E-state index contributed by atoms with van der Waals surface area (Å²) in [4.78, 5) is 10.1. The maximum absolute atomic E-state index is 10.7. The molecule has 0 saturated heterocycles. The molecule has 0 fully saturated rings. The molecule has 3 rings (SSSR count). The van der Waals surface area contributed by atoms with Crippen LogP contribution >= 0.6 is 15.9 Å². The van der Waals surface area contributed by atoms with Crippen LogP contribution in [0.5, 0.6) is 0 Å². The van der Waals surface area contributed by atoms with E-state index in [2.05, 4.69) is 21.1 Å². The predicted molar refractivity (Wildman–Crippen MR) is 78.4 cm³/mol. The number of aromatic nitrogens is 1. The first kappa shape index (κ1) is 13.4. The van der Waals surface area contributed by atoms with Crippen molar-refractivity contribution >= 4 is 27.6 Å². The van der Waals surface area contributed by atoms with Crippen LogP contribution in [-0.2, 0) is 0 Å². The predicted octanol–water partition coefficient (Wildman–Crippen LogP) is 3.85. The maximum atomic E-state index is 10.7. The summed E-state index contributed by atoms with van der Waals surface area (Å²) in [5.74, 6) is 0.234. The van der Waals surface area contributed by atoms with Crippen molar-refractivity contribution in [3.63, 3.8) is 0 Å². The minimum Gasteiger partial charge on any atom is -0.397 e. The highest BCUT2D eigenvalue weighted by molar-refractivity contribution is 9.10. The van der Waals surface area contributed by atoms with E-state index in [1.54, 1.807) is 0 Å². The molecule has 0 atom stereocenters. The van der Waals surface area contributed by atoms with E-state index in [4.69, 9.17) is 14.7 Å². The van der Waals surface area contributed by atoms with Crippen molar-refractivity contribution in [1.82, 2.24) is 5.16 Å². The van der Waals surface area contributed by atoms with Gasteiger partial charge in [-0.1, -0.05) is 39.3 Å². The largest absolute Gasteiger partial charge is 0.433 e. The Balaban J connectivity index is 2.17. The van der Waals surface area contributed by atoms with E-state index in [-0.39, 0.29) is 23.2 Å². The summed E-state index contributed by atoms with van der Waals surface area (Å²) in [6.45, 7) is 0. The normalized spacial score (nSPS) is 10.7. The number of nitrogens with two attached hydrogens (primary N) is 1. The summed E-state index contributed by atoms with van der Waals surface area (Å²) in [6, 6.07) is 10.1. The van der Waals surface area contributed by atoms with Crippen LogP contribution in [0, 0.1) is 10.1 Å². The van der Waals surface area contributed by atoms with E-state index >= 15 is 0 Å². The Bertz CT molecular complexity index is 824. The van der Waals surface area contributed by atoms with Crippen LogP contribution in [0.1, 0.15) is 0 Å². The van der Waals surface area contributed by atoms with Gasteiger partial charge in [0.25, 0.3) is 0 Å². The molecule has 0 aliphatic rings. The van der Waals surface area contributed by atoms with Gasteiger partial charge in [0.1, 0.15) is 4.92 Å². The highest BCUT2D eigenvalue weighted by atomic mass is 79.9. The monoisotopic (exact) mass is 349 g/mol. The fraction of sp³-hybridized carbons (Fsp3) is 0. The molecule has 0 saturated carbocycles. The summed E-state index contributed by atoms with van der Waals surface area (Å²) in [7, 11) is 0. The van der Waals surface area contributed by atoms with Gasteiger partial charge in [-0.3, -0.25) is 10.1 Å². The molecule has 2 aromatic heterocycles. The fourth-order valence-corrected chi connectivity index (χ4v) is 2.43. The molecule has 0 amide bonds. The van der Waals surface area contributed by atoms with E-state index in [9.17, 15) is 10.1 Å². The Kier molecular flexibility index (Phi) is 3.22. The molecule has 0 aliphatic carbocycles. The quantitative estimate of drug-likeness (QED) is 0.568. The van der Waals surface area contributed by atoms with Crippen LogP contribution in [0.2, 0.25) is 0 Å². The van der Waals surface area contributed by atoms with Gasteiger partial charge >= 0.3 is 5.88 Å². The van der Waals surface area contributed by atoms with Gasteiger partial charge in [-0.05, 0) is 12.1 Å². The van der Waals surface area contributed by atoms with E-state index in [0.717, 1.165) is 10.0 Å². The number of nitrogens with zero attached hydrogens (tertiary/aromatic N) is 2. The minimum absolute atomic E-state index is 0.177. The van der Waals surface area contributed by atoms with E-state index in [0.29, 0.717) is 5.56 Å². The Morgan fingerprint density at radius 2 is 2.00 bits per heavy atom. The third-order valence-corrected chi connectivity index (χ3v) is 3.55. The zero-order chi connectivity index (χ0) is 15.0. The molecule has 2 N–H and O–H groups in total. The lowest BCUT2D eigenvalue weighted by Crippen LogP contribution is -1.89. The van der Waals surface area contributed by atoms with Crippen molar-refractivity contribution in [1.29, 1.82) is 0 Å². The Hall–Kier alpha value is -2.61. The van der Waals surface area contributed by atoms with E-state index < -0.39 is 4.92 Å². The number of rotatable bonds is 3. The highest BCUT2D eigenvalue weighted by Crippen LogP contribution is 2.40. The number of anilines is 1. The van der Waals surface area contributed by atoms with E-state index in [1.165, 1.54) is 12.1 Å². The van der Waals surface area contributed by atoms with Crippen LogP contribution < -0.4 is 5.73 Å². The summed E-state index contributed by atoms with van der Waals surface area (Å²) >= 11 is 3.42. The number of nitro groups is 1. The lowest BCUT2D eigenvalue weighted by molar-refractivity contribution is -0.401. The number of hydrogen-bond donors (Lipinski definition) is 1. The van der Waals surface area contributed by atoms with Crippen molar-refractivity contribution in [3.05, 3.63) is 51.0 Å². The second-order valence-electron chi connectivity index (χ2n) is 4.15. The average Bonchev–Trinajstić information content (AvgIpc) is 3.06. The smallest absolute Gasteiger partial charge is 0.397 e. The van der Waals surface area contributed by atoms with Crippen LogP contribution in [-0.4, -0.2) is 10.1 Å². The first-order chi connectivity index (χ1) is 10.1. The van der Waals surface area contributed by atoms with Gasteiger partial charge in [-0.25, -0.2) is 0 Å². The lowest BCUT2D eigenvalue weighted by atomic mass is 10.0. The Labute approximate surface area is 126 Å². The Morgan fingerprint density at radius 1 is 1.24 bits per heavy atom. The number of nitrogen functional groups attached to an aromatic ring is 1. The third kappa shape index (κ3) is 2.29. The summed E-state index contributed by atoms with van der Waals surface area (Å²) in [5, 5.41) is 14.4. The zero-order valence-corrected chi connectivity index (χ0v) is 12.0. The van der Waals surface area contributed by atoms with Gasteiger partial charge in [0.05, 0.1) is 11.6 Å². The van der Waals surface area contributed by atoms with Crippen molar-refractivity contribution in [2.75, 3.05) is 5.73 Å². The summed E-state index contributed by atoms with van der Waals surface area (Å²) in [5.41, 5.74) is 7.12. The molecule has 0 radical (unpaired) electrons. The van der Waals surface area contributed by atoms with Crippen LogP contribution in [0.25, 0.3) is 22.6 Å².